The Balaban J connectivity index is 1.37. The molecule has 2 aliphatic heterocycles. The number of hydrogen-bond donors (Lipinski definition) is 0. The van der Waals surface area contributed by atoms with E-state index in [-0.39, 0.29) is 17.9 Å². The Hall–Kier alpha value is -2.25. The number of piperazine rings is 1. The molecule has 1 amide bonds. The van der Waals surface area contributed by atoms with E-state index >= 15 is 0 Å². The summed E-state index contributed by atoms with van der Waals surface area (Å²) in [5, 5.41) is 4.75. The van der Waals surface area contributed by atoms with Crippen LogP contribution in [0, 0.1) is 0 Å². The Morgan fingerprint density at radius 1 is 1.19 bits per heavy atom. The van der Waals surface area contributed by atoms with E-state index in [1.165, 1.54) is 6.20 Å². The summed E-state index contributed by atoms with van der Waals surface area (Å²) in [6.45, 7) is 5.21. The van der Waals surface area contributed by atoms with Gasteiger partial charge in [0.2, 0.25) is 11.3 Å². The maximum Gasteiger partial charge on any atom is 0.244 e. The molecule has 3 heterocycles. The van der Waals surface area contributed by atoms with Crippen LogP contribution in [0.25, 0.3) is 10.9 Å². The van der Waals surface area contributed by atoms with Crippen LogP contribution in [0.15, 0.2) is 35.3 Å². The van der Waals surface area contributed by atoms with E-state index in [1.54, 1.807) is 10.7 Å². The highest BCUT2D eigenvalue weighted by atomic mass is 16.5. The maximum absolute atomic E-state index is 12.7. The number of carbonyl (C=O) groups is 1. The predicted octanol–water partition coefficient (Wildman–Crippen LogP) is 0.720. The number of fused-ring (bicyclic) bond motifs is 1. The van der Waals surface area contributed by atoms with Gasteiger partial charge in [0.1, 0.15) is 6.54 Å². The first-order valence-corrected chi connectivity index (χ1v) is 9.27. The Bertz CT molecular complexity index is 836. The molecular formula is C19H24N4O3. The molecule has 2 aromatic rings. The third-order valence-electron chi connectivity index (χ3n) is 5.26. The average molecular weight is 356 g/mol. The summed E-state index contributed by atoms with van der Waals surface area (Å²) in [4.78, 5) is 28.9. The molecule has 1 aromatic carbocycles. The van der Waals surface area contributed by atoms with Gasteiger partial charge in [-0.1, -0.05) is 12.1 Å². The molecule has 2 saturated heterocycles. The highest BCUT2D eigenvalue weighted by Crippen LogP contribution is 2.15. The van der Waals surface area contributed by atoms with Crippen LogP contribution in [0.3, 0.4) is 0 Å². The molecule has 0 radical (unpaired) electrons. The minimum absolute atomic E-state index is 0.0445. The zero-order chi connectivity index (χ0) is 17.9. The number of benzene rings is 1. The van der Waals surface area contributed by atoms with Gasteiger partial charge in [-0.05, 0) is 25.0 Å². The summed E-state index contributed by atoms with van der Waals surface area (Å²) < 4.78 is 7.32. The molecule has 2 aliphatic rings. The third kappa shape index (κ3) is 3.64. The first kappa shape index (κ1) is 17.2. The lowest BCUT2D eigenvalue weighted by Gasteiger charge is -2.35. The van der Waals surface area contributed by atoms with Crippen LogP contribution in [0.5, 0.6) is 0 Å². The van der Waals surface area contributed by atoms with Crippen molar-refractivity contribution in [2.24, 2.45) is 0 Å². The molecule has 2 fully saturated rings. The number of para-hydroxylation sites is 1. The van der Waals surface area contributed by atoms with Crippen molar-refractivity contribution in [1.82, 2.24) is 19.6 Å². The first-order valence-electron chi connectivity index (χ1n) is 9.27. The molecule has 26 heavy (non-hydrogen) atoms. The fraction of sp³-hybridized carbons (Fsp3) is 0.526. The number of aromatic nitrogens is 2. The Labute approximate surface area is 152 Å². The average Bonchev–Trinajstić information content (AvgIpc) is 3.18. The lowest BCUT2D eigenvalue weighted by molar-refractivity contribution is -0.133. The van der Waals surface area contributed by atoms with Crippen LogP contribution in [-0.4, -0.2) is 70.9 Å². The fourth-order valence-electron chi connectivity index (χ4n) is 3.77. The standard InChI is InChI=1S/C19H24N4O3/c24-18-12-20-23(17-6-2-1-5-16(17)18)14-19(25)22-9-7-21(8-10-22)13-15-4-3-11-26-15/h1-2,5-6,12,15H,3-4,7-11,13-14H2. The van der Waals surface area contributed by atoms with E-state index in [0.717, 1.165) is 52.2 Å². The van der Waals surface area contributed by atoms with E-state index in [4.69, 9.17) is 4.74 Å². The second-order valence-electron chi connectivity index (χ2n) is 7.00. The second kappa shape index (κ2) is 7.55. The highest BCUT2D eigenvalue weighted by molar-refractivity contribution is 5.81. The maximum atomic E-state index is 12.7. The molecule has 0 spiro atoms. The van der Waals surface area contributed by atoms with Crippen LogP contribution >= 0.6 is 0 Å². The summed E-state index contributed by atoms with van der Waals surface area (Å²) >= 11 is 0. The van der Waals surface area contributed by atoms with Crippen molar-refractivity contribution >= 4 is 16.8 Å². The Morgan fingerprint density at radius 2 is 2.00 bits per heavy atom. The van der Waals surface area contributed by atoms with Crippen LogP contribution in [0.1, 0.15) is 12.8 Å². The van der Waals surface area contributed by atoms with Gasteiger partial charge >= 0.3 is 0 Å². The van der Waals surface area contributed by atoms with Crippen molar-refractivity contribution in [3.8, 4) is 0 Å². The topological polar surface area (TPSA) is 67.7 Å². The number of amides is 1. The molecule has 7 nitrogen and oxygen atoms in total. The molecule has 0 bridgehead atoms. The van der Waals surface area contributed by atoms with E-state index in [9.17, 15) is 9.59 Å². The smallest absolute Gasteiger partial charge is 0.244 e. The lowest BCUT2D eigenvalue weighted by Crippen LogP contribution is -2.51. The van der Waals surface area contributed by atoms with Crippen LogP contribution in [0.4, 0.5) is 0 Å². The SMILES string of the molecule is O=C(Cn1ncc(=O)c2ccccc21)N1CCN(CC2CCCO2)CC1. The number of carbonyl (C=O) groups excluding carboxylic acids is 1. The van der Waals surface area contributed by atoms with E-state index in [2.05, 4.69) is 10.00 Å². The van der Waals surface area contributed by atoms with Gasteiger partial charge in [-0.2, -0.15) is 5.10 Å². The quantitative estimate of drug-likeness (QED) is 0.808. The van der Waals surface area contributed by atoms with Crippen LogP contribution < -0.4 is 5.43 Å². The minimum atomic E-state index is -0.118. The molecule has 0 N–H and O–H groups in total. The third-order valence-corrected chi connectivity index (χ3v) is 5.26. The predicted molar refractivity (Wildman–Crippen MR) is 98.0 cm³/mol. The van der Waals surface area contributed by atoms with E-state index in [1.807, 2.05) is 23.1 Å². The van der Waals surface area contributed by atoms with Gasteiger partial charge in [-0.25, -0.2) is 0 Å². The Kier molecular flexibility index (Phi) is 4.99. The molecule has 4 rings (SSSR count). The number of rotatable bonds is 4. The number of hydrogen-bond acceptors (Lipinski definition) is 5. The summed E-state index contributed by atoms with van der Waals surface area (Å²) in [6, 6.07) is 7.28. The molecule has 1 unspecified atom stereocenters. The van der Waals surface area contributed by atoms with Crippen molar-refractivity contribution in [3.05, 3.63) is 40.7 Å². The molecule has 1 atom stereocenters. The lowest BCUT2D eigenvalue weighted by atomic mass is 10.2. The highest BCUT2D eigenvalue weighted by Gasteiger charge is 2.25. The van der Waals surface area contributed by atoms with Gasteiger partial charge in [0.15, 0.2) is 0 Å². The van der Waals surface area contributed by atoms with Gasteiger partial charge in [-0.15, -0.1) is 0 Å². The minimum Gasteiger partial charge on any atom is -0.377 e. The normalized spacial score (nSPS) is 21.4. The van der Waals surface area contributed by atoms with Gasteiger partial charge in [-0.3, -0.25) is 19.2 Å². The monoisotopic (exact) mass is 356 g/mol. The zero-order valence-corrected chi connectivity index (χ0v) is 14.8. The molecule has 0 saturated carbocycles. The van der Waals surface area contributed by atoms with Gasteiger partial charge < -0.3 is 9.64 Å². The molecule has 1 aromatic heterocycles. The van der Waals surface area contributed by atoms with E-state index < -0.39 is 0 Å². The molecule has 7 heteroatoms. The van der Waals surface area contributed by atoms with Gasteiger partial charge in [0.05, 0.1) is 17.8 Å². The van der Waals surface area contributed by atoms with Crippen molar-refractivity contribution in [2.75, 3.05) is 39.3 Å². The number of nitrogens with zero attached hydrogens (tertiary/aromatic N) is 4. The Morgan fingerprint density at radius 3 is 2.77 bits per heavy atom. The summed E-state index contributed by atoms with van der Waals surface area (Å²) in [5.41, 5.74) is 0.581. The van der Waals surface area contributed by atoms with Crippen LogP contribution in [-0.2, 0) is 16.1 Å². The number of ether oxygens (including phenoxy) is 1. The van der Waals surface area contributed by atoms with Gasteiger partial charge in [0, 0.05) is 44.7 Å². The second-order valence-corrected chi connectivity index (χ2v) is 7.00. The summed E-state index contributed by atoms with van der Waals surface area (Å²) in [6.07, 6.45) is 3.94. The zero-order valence-electron chi connectivity index (χ0n) is 14.8. The molecular weight excluding hydrogens is 332 g/mol. The van der Waals surface area contributed by atoms with Crippen molar-refractivity contribution in [3.63, 3.8) is 0 Å². The van der Waals surface area contributed by atoms with E-state index in [0.29, 0.717) is 17.0 Å². The molecule has 138 valence electrons. The van der Waals surface area contributed by atoms with Gasteiger partial charge in [0.25, 0.3) is 0 Å². The molecule has 0 aliphatic carbocycles. The summed E-state index contributed by atoms with van der Waals surface area (Å²) in [5.74, 6) is 0.0445. The van der Waals surface area contributed by atoms with Crippen molar-refractivity contribution in [1.29, 1.82) is 0 Å². The largest absolute Gasteiger partial charge is 0.377 e. The fourth-order valence-corrected chi connectivity index (χ4v) is 3.77. The van der Waals surface area contributed by atoms with Crippen molar-refractivity contribution < 1.29 is 9.53 Å². The van der Waals surface area contributed by atoms with Crippen LogP contribution in [0.2, 0.25) is 0 Å². The first-order chi connectivity index (χ1) is 12.7. The van der Waals surface area contributed by atoms with Crippen molar-refractivity contribution in [2.45, 2.75) is 25.5 Å². The summed E-state index contributed by atoms with van der Waals surface area (Å²) in [7, 11) is 0.